The van der Waals surface area contributed by atoms with E-state index in [9.17, 15) is 14.9 Å². The second-order valence-corrected chi connectivity index (χ2v) is 5.38. The van der Waals surface area contributed by atoms with Crippen molar-refractivity contribution in [3.05, 3.63) is 68.2 Å². The van der Waals surface area contributed by atoms with Crippen LogP contribution in [0, 0.1) is 10.1 Å². The van der Waals surface area contributed by atoms with Gasteiger partial charge in [0.25, 0.3) is 5.69 Å². The molecule has 0 radical (unpaired) electrons. The number of ether oxygens (including phenoxy) is 2. The van der Waals surface area contributed by atoms with E-state index in [-0.39, 0.29) is 25.6 Å². The van der Waals surface area contributed by atoms with Crippen LogP contribution < -0.4 is 10.5 Å². The van der Waals surface area contributed by atoms with Gasteiger partial charge in [-0.2, -0.15) is 0 Å². The predicted octanol–water partition coefficient (Wildman–Crippen LogP) is 2.42. The molecule has 1 aliphatic rings. The van der Waals surface area contributed by atoms with Gasteiger partial charge in [0.1, 0.15) is 5.75 Å². The summed E-state index contributed by atoms with van der Waals surface area (Å²) in [5.74, 6) is -0.00690. The first kappa shape index (κ1) is 14.5. The molecule has 0 saturated carbocycles. The first-order chi connectivity index (χ1) is 11.6. The minimum Gasteiger partial charge on any atom is -0.467 e. The summed E-state index contributed by atoms with van der Waals surface area (Å²) < 4.78 is 17.3. The fraction of sp³-hybridized carbons (Fsp3) is 0.188. The summed E-state index contributed by atoms with van der Waals surface area (Å²) in [6.07, 6.45) is 0. The predicted molar refractivity (Wildman–Crippen MR) is 83.0 cm³/mol. The number of oxazole rings is 1. The smallest absolute Gasteiger partial charge is 0.420 e. The summed E-state index contributed by atoms with van der Waals surface area (Å²) in [6, 6.07) is 9.85. The van der Waals surface area contributed by atoms with Gasteiger partial charge in [-0.25, -0.2) is 4.79 Å². The van der Waals surface area contributed by atoms with Crippen molar-refractivity contribution in [1.82, 2.24) is 4.57 Å². The van der Waals surface area contributed by atoms with Gasteiger partial charge in [0.05, 0.1) is 23.6 Å². The Labute approximate surface area is 135 Å². The molecule has 24 heavy (non-hydrogen) atoms. The van der Waals surface area contributed by atoms with Gasteiger partial charge >= 0.3 is 5.76 Å². The number of nitro groups is 1. The fourth-order valence-corrected chi connectivity index (χ4v) is 2.84. The monoisotopic (exact) mass is 328 g/mol. The summed E-state index contributed by atoms with van der Waals surface area (Å²) in [6.45, 7) is 0.406. The molecule has 0 atom stereocenters. The lowest BCUT2D eigenvalue weighted by Crippen LogP contribution is -2.18. The van der Waals surface area contributed by atoms with E-state index in [0.29, 0.717) is 28.0 Å². The Morgan fingerprint density at radius 3 is 2.92 bits per heavy atom. The Balaban J connectivity index is 1.86. The zero-order valence-electron chi connectivity index (χ0n) is 12.4. The average Bonchev–Trinajstić information content (AvgIpc) is 2.90. The summed E-state index contributed by atoms with van der Waals surface area (Å²) in [5.41, 5.74) is 2.14. The number of aromatic nitrogens is 1. The molecule has 3 aromatic rings. The summed E-state index contributed by atoms with van der Waals surface area (Å²) in [5, 5.41) is 11.2. The maximum absolute atomic E-state index is 12.1. The van der Waals surface area contributed by atoms with Crippen molar-refractivity contribution in [2.75, 3.05) is 6.79 Å². The second-order valence-electron chi connectivity index (χ2n) is 5.38. The molecule has 8 nitrogen and oxygen atoms in total. The molecule has 0 saturated heterocycles. The standard InChI is InChI=1S/C16H12N2O6/c19-16-17(13-3-1-2-4-14(13)24-16)7-10-5-12(18(20)21)6-11-8-22-9-23-15(10)11/h1-6H,7-9H2. The third-order valence-electron chi connectivity index (χ3n) is 3.88. The number of fused-ring (bicyclic) bond motifs is 2. The lowest BCUT2D eigenvalue weighted by Gasteiger charge is -2.20. The zero-order valence-corrected chi connectivity index (χ0v) is 12.4. The van der Waals surface area contributed by atoms with Crippen LogP contribution in [0.3, 0.4) is 0 Å². The van der Waals surface area contributed by atoms with E-state index in [0.717, 1.165) is 0 Å². The van der Waals surface area contributed by atoms with Crippen molar-refractivity contribution >= 4 is 16.8 Å². The van der Waals surface area contributed by atoms with Crippen LogP contribution >= 0.6 is 0 Å². The Morgan fingerprint density at radius 1 is 1.25 bits per heavy atom. The van der Waals surface area contributed by atoms with Crippen LogP contribution in [0.1, 0.15) is 11.1 Å². The van der Waals surface area contributed by atoms with Gasteiger partial charge in [-0.05, 0) is 12.1 Å². The van der Waals surface area contributed by atoms with Crippen LogP contribution in [-0.4, -0.2) is 16.3 Å². The van der Waals surface area contributed by atoms with E-state index in [4.69, 9.17) is 13.9 Å². The molecule has 0 amide bonds. The van der Waals surface area contributed by atoms with Gasteiger partial charge in [-0.3, -0.25) is 14.7 Å². The van der Waals surface area contributed by atoms with Crippen LogP contribution in [0.2, 0.25) is 0 Å². The van der Waals surface area contributed by atoms with E-state index in [1.807, 2.05) is 0 Å². The molecule has 1 aliphatic heterocycles. The minimum atomic E-state index is -0.525. The average molecular weight is 328 g/mol. The van der Waals surface area contributed by atoms with Crippen LogP contribution in [-0.2, 0) is 17.9 Å². The maximum atomic E-state index is 12.1. The molecule has 0 aliphatic carbocycles. The molecule has 0 N–H and O–H groups in total. The molecular formula is C16H12N2O6. The molecule has 0 spiro atoms. The first-order valence-corrected chi connectivity index (χ1v) is 7.22. The molecular weight excluding hydrogens is 316 g/mol. The summed E-state index contributed by atoms with van der Waals surface area (Å²) >= 11 is 0. The number of hydrogen-bond donors (Lipinski definition) is 0. The van der Waals surface area contributed by atoms with E-state index in [1.54, 1.807) is 24.3 Å². The second kappa shape index (κ2) is 5.50. The molecule has 0 unspecified atom stereocenters. The van der Waals surface area contributed by atoms with Crippen molar-refractivity contribution in [2.24, 2.45) is 0 Å². The van der Waals surface area contributed by atoms with E-state index in [2.05, 4.69) is 0 Å². The van der Waals surface area contributed by atoms with Crippen molar-refractivity contribution in [3.8, 4) is 5.75 Å². The van der Waals surface area contributed by atoms with Crippen LogP contribution in [0.15, 0.2) is 45.6 Å². The van der Waals surface area contributed by atoms with Crippen LogP contribution in [0.25, 0.3) is 11.1 Å². The van der Waals surface area contributed by atoms with E-state index >= 15 is 0 Å². The SMILES string of the molecule is O=c1oc2ccccc2n1Cc1cc([N+](=O)[O-])cc2c1OCOC2. The molecule has 0 bridgehead atoms. The van der Waals surface area contributed by atoms with Gasteiger partial charge < -0.3 is 13.9 Å². The highest BCUT2D eigenvalue weighted by Crippen LogP contribution is 2.33. The third-order valence-corrected chi connectivity index (χ3v) is 3.88. The van der Waals surface area contributed by atoms with E-state index < -0.39 is 10.7 Å². The van der Waals surface area contributed by atoms with Gasteiger partial charge in [-0.15, -0.1) is 0 Å². The van der Waals surface area contributed by atoms with E-state index in [1.165, 1.54) is 16.7 Å². The topological polar surface area (TPSA) is 96.7 Å². The highest BCUT2D eigenvalue weighted by molar-refractivity contribution is 5.72. The molecule has 2 heterocycles. The van der Waals surface area contributed by atoms with Crippen molar-refractivity contribution in [1.29, 1.82) is 0 Å². The number of para-hydroxylation sites is 2. The number of nitro benzene ring substituents is 1. The Bertz CT molecular complexity index is 1000. The Kier molecular flexibility index (Phi) is 3.31. The molecule has 2 aromatic carbocycles. The number of non-ortho nitro benzene ring substituents is 1. The van der Waals surface area contributed by atoms with Gasteiger partial charge in [0.15, 0.2) is 12.4 Å². The quantitative estimate of drug-likeness (QED) is 0.541. The van der Waals surface area contributed by atoms with Gasteiger partial charge in [-0.1, -0.05) is 12.1 Å². The van der Waals surface area contributed by atoms with Crippen molar-refractivity contribution < 1.29 is 18.8 Å². The number of rotatable bonds is 3. The number of hydrogen-bond acceptors (Lipinski definition) is 6. The molecule has 8 heteroatoms. The zero-order chi connectivity index (χ0) is 16.7. The minimum absolute atomic E-state index is 0.0683. The number of nitrogens with zero attached hydrogens (tertiary/aromatic N) is 2. The van der Waals surface area contributed by atoms with Crippen LogP contribution in [0.5, 0.6) is 5.75 Å². The lowest BCUT2D eigenvalue weighted by atomic mass is 10.1. The number of benzene rings is 2. The molecule has 1 aromatic heterocycles. The van der Waals surface area contributed by atoms with Crippen molar-refractivity contribution in [2.45, 2.75) is 13.2 Å². The summed E-state index contributed by atoms with van der Waals surface area (Å²) in [4.78, 5) is 22.8. The lowest BCUT2D eigenvalue weighted by molar-refractivity contribution is -0.385. The molecule has 0 fully saturated rings. The molecule has 4 rings (SSSR count). The fourth-order valence-electron chi connectivity index (χ4n) is 2.84. The van der Waals surface area contributed by atoms with Crippen LogP contribution in [0.4, 0.5) is 5.69 Å². The summed E-state index contributed by atoms with van der Waals surface area (Å²) in [7, 11) is 0. The largest absolute Gasteiger partial charge is 0.467 e. The van der Waals surface area contributed by atoms with Gasteiger partial charge in [0, 0.05) is 23.3 Å². The first-order valence-electron chi connectivity index (χ1n) is 7.22. The van der Waals surface area contributed by atoms with Gasteiger partial charge in [0.2, 0.25) is 0 Å². The highest BCUT2D eigenvalue weighted by atomic mass is 16.7. The maximum Gasteiger partial charge on any atom is 0.420 e. The normalized spacial score (nSPS) is 13.5. The molecule has 122 valence electrons. The third kappa shape index (κ3) is 2.33. The highest BCUT2D eigenvalue weighted by Gasteiger charge is 2.22. The van der Waals surface area contributed by atoms with Crippen molar-refractivity contribution in [3.63, 3.8) is 0 Å². The Hall–Kier alpha value is -3.13. The Morgan fingerprint density at radius 2 is 2.08 bits per heavy atom.